The molecule has 2 heterocycles. The number of thiophene rings is 2. The Morgan fingerprint density at radius 3 is 2.56 bits per heavy atom. The zero-order chi connectivity index (χ0) is 11.4. The molecule has 0 aliphatic rings. The van der Waals surface area contributed by atoms with Crippen molar-refractivity contribution in [3.63, 3.8) is 0 Å². The second-order valence-electron chi connectivity index (χ2n) is 2.80. The fourth-order valence-electron chi connectivity index (χ4n) is 0.985. The summed E-state index contributed by atoms with van der Waals surface area (Å²) in [5.74, 6) is 0. The molecule has 16 heavy (non-hydrogen) atoms. The average Bonchev–Trinajstić information content (AvgIpc) is 2.90. The minimum Gasteiger partial charge on any atom is -0.199 e. The Hall–Kier alpha value is -1.18. The number of rotatable bonds is 4. The zero-order valence-corrected chi connectivity index (χ0v) is 10.5. The molecule has 2 aromatic rings. The second kappa shape index (κ2) is 4.77. The molecular formula is C9H8N2O2S3. The molecule has 0 radical (unpaired) electrons. The van der Waals surface area contributed by atoms with Gasteiger partial charge in [0.25, 0.3) is 10.0 Å². The molecule has 7 heteroatoms. The summed E-state index contributed by atoms with van der Waals surface area (Å²) in [7, 11) is -3.49. The molecule has 2 rings (SSSR count). The smallest absolute Gasteiger partial charge is 0.199 e. The monoisotopic (exact) mass is 272 g/mol. The molecule has 0 aliphatic heterocycles. The predicted octanol–water partition coefficient (Wildman–Crippen LogP) is 2.12. The molecule has 0 saturated carbocycles. The van der Waals surface area contributed by atoms with Gasteiger partial charge in [-0.1, -0.05) is 12.1 Å². The van der Waals surface area contributed by atoms with Crippen molar-refractivity contribution in [2.75, 3.05) is 0 Å². The van der Waals surface area contributed by atoms with Gasteiger partial charge in [-0.15, -0.1) is 22.7 Å². The SMILES string of the molecule is O=S(=O)(N/N=C/c1cccs1)c1cccs1. The lowest BCUT2D eigenvalue weighted by Gasteiger charge is -1.98. The second-order valence-corrected chi connectivity index (χ2v) is 6.62. The molecule has 0 aliphatic carbocycles. The van der Waals surface area contributed by atoms with Crippen LogP contribution in [0.2, 0.25) is 0 Å². The first-order chi connectivity index (χ1) is 7.68. The van der Waals surface area contributed by atoms with E-state index >= 15 is 0 Å². The lowest BCUT2D eigenvalue weighted by atomic mass is 10.5. The Kier molecular flexibility index (Phi) is 3.37. The van der Waals surface area contributed by atoms with E-state index in [-0.39, 0.29) is 4.21 Å². The molecule has 2 aromatic heterocycles. The molecule has 4 nitrogen and oxygen atoms in total. The van der Waals surface area contributed by atoms with Gasteiger partial charge >= 0.3 is 0 Å². The van der Waals surface area contributed by atoms with Gasteiger partial charge in [-0.3, -0.25) is 0 Å². The maximum Gasteiger partial charge on any atom is 0.286 e. The van der Waals surface area contributed by atoms with E-state index in [1.165, 1.54) is 23.6 Å². The van der Waals surface area contributed by atoms with Crippen LogP contribution in [0.1, 0.15) is 4.88 Å². The van der Waals surface area contributed by atoms with E-state index in [1.54, 1.807) is 11.4 Å². The van der Waals surface area contributed by atoms with Crippen LogP contribution in [0, 0.1) is 0 Å². The Morgan fingerprint density at radius 1 is 1.19 bits per heavy atom. The first-order valence-electron chi connectivity index (χ1n) is 4.30. The third-order valence-corrected chi connectivity index (χ3v) is 5.09. The van der Waals surface area contributed by atoms with Gasteiger partial charge in [0.2, 0.25) is 0 Å². The van der Waals surface area contributed by atoms with Gasteiger partial charge < -0.3 is 0 Å². The van der Waals surface area contributed by atoms with Crippen LogP contribution >= 0.6 is 22.7 Å². The number of hydrazone groups is 1. The maximum atomic E-state index is 11.6. The van der Waals surface area contributed by atoms with Crippen molar-refractivity contribution in [1.82, 2.24) is 4.83 Å². The largest absolute Gasteiger partial charge is 0.286 e. The molecule has 0 saturated heterocycles. The molecule has 0 spiro atoms. The van der Waals surface area contributed by atoms with Crippen LogP contribution in [-0.2, 0) is 10.0 Å². The topological polar surface area (TPSA) is 58.5 Å². The summed E-state index contributed by atoms with van der Waals surface area (Å²) in [5, 5.41) is 7.30. The first kappa shape index (κ1) is 11.3. The van der Waals surface area contributed by atoms with Crippen molar-refractivity contribution in [1.29, 1.82) is 0 Å². The first-order valence-corrected chi connectivity index (χ1v) is 7.54. The number of nitrogens with one attached hydrogen (secondary N) is 1. The number of sulfonamides is 1. The van der Waals surface area contributed by atoms with E-state index in [1.807, 2.05) is 17.5 Å². The average molecular weight is 272 g/mol. The van der Waals surface area contributed by atoms with Crippen molar-refractivity contribution >= 4 is 38.9 Å². The highest BCUT2D eigenvalue weighted by molar-refractivity contribution is 7.91. The zero-order valence-electron chi connectivity index (χ0n) is 8.03. The van der Waals surface area contributed by atoms with E-state index in [2.05, 4.69) is 9.93 Å². The molecular weight excluding hydrogens is 264 g/mol. The van der Waals surface area contributed by atoms with Gasteiger partial charge in [0.15, 0.2) is 0 Å². The maximum absolute atomic E-state index is 11.6. The van der Waals surface area contributed by atoms with Crippen LogP contribution in [0.3, 0.4) is 0 Å². The number of nitrogens with zero attached hydrogens (tertiary/aromatic N) is 1. The summed E-state index contributed by atoms with van der Waals surface area (Å²) >= 11 is 2.65. The fourth-order valence-corrected chi connectivity index (χ4v) is 3.34. The van der Waals surface area contributed by atoms with Gasteiger partial charge in [-0.25, -0.2) is 0 Å². The minimum atomic E-state index is -3.49. The van der Waals surface area contributed by atoms with Crippen molar-refractivity contribution in [3.05, 3.63) is 39.9 Å². The summed E-state index contributed by atoms with van der Waals surface area (Å²) in [4.78, 5) is 3.06. The molecule has 1 N–H and O–H groups in total. The molecule has 0 unspecified atom stereocenters. The van der Waals surface area contributed by atoms with Crippen LogP contribution in [0.4, 0.5) is 0 Å². The minimum absolute atomic E-state index is 0.260. The standard InChI is InChI=1S/C9H8N2O2S3/c12-16(13,9-4-2-6-15-9)11-10-7-8-3-1-5-14-8/h1-7,11H/b10-7+. The van der Waals surface area contributed by atoms with Crippen LogP contribution < -0.4 is 4.83 Å². The van der Waals surface area contributed by atoms with Crippen molar-refractivity contribution in [3.8, 4) is 0 Å². The molecule has 84 valence electrons. The number of hydrogen-bond acceptors (Lipinski definition) is 5. The quantitative estimate of drug-likeness (QED) is 0.684. The summed E-state index contributed by atoms with van der Waals surface area (Å²) in [6, 6.07) is 6.95. The summed E-state index contributed by atoms with van der Waals surface area (Å²) < 4.78 is 23.5. The Balaban J connectivity index is 2.06. The lowest BCUT2D eigenvalue weighted by Crippen LogP contribution is -2.16. The third kappa shape index (κ3) is 2.69. The van der Waals surface area contributed by atoms with Crippen molar-refractivity contribution in [2.45, 2.75) is 4.21 Å². The molecule has 0 atom stereocenters. The normalized spacial score (nSPS) is 12.0. The van der Waals surface area contributed by atoms with E-state index in [9.17, 15) is 8.42 Å². The van der Waals surface area contributed by atoms with Gasteiger partial charge in [-0.2, -0.15) is 18.4 Å². The summed E-state index contributed by atoms with van der Waals surface area (Å²) in [6.45, 7) is 0. The van der Waals surface area contributed by atoms with Crippen LogP contribution in [0.25, 0.3) is 0 Å². The molecule has 0 fully saturated rings. The van der Waals surface area contributed by atoms with Crippen molar-refractivity contribution < 1.29 is 8.42 Å². The van der Waals surface area contributed by atoms with E-state index in [0.717, 1.165) is 16.2 Å². The fraction of sp³-hybridized carbons (Fsp3) is 0. The molecule has 0 amide bonds. The van der Waals surface area contributed by atoms with Gasteiger partial charge in [0.05, 0.1) is 6.21 Å². The van der Waals surface area contributed by atoms with Crippen LogP contribution in [-0.4, -0.2) is 14.6 Å². The summed E-state index contributed by atoms with van der Waals surface area (Å²) in [6.07, 6.45) is 1.48. The van der Waals surface area contributed by atoms with Crippen LogP contribution in [0.15, 0.2) is 44.3 Å². The molecule has 0 aromatic carbocycles. The Bertz CT molecular complexity index is 556. The van der Waals surface area contributed by atoms with E-state index < -0.39 is 10.0 Å². The highest BCUT2D eigenvalue weighted by Crippen LogP contribution is 2.15. The number of hydrogen-bond donors (Lipinski definition) is 1. The lowest BCUT2D eigenvalue weighted by molar-refractivity contribution is 0.587. The van der Waals surface area contributed by atoms with Crippen molar-refractivity contribution in [2.24, 2.45) is 5.10 Å². The molecule has 0 bridgehead atoms. The Labute approximate surface area is 101 Å². The van der Waals surface area contributed by atoms with Gasteiger partial charge in [0.1, 0.15) is 4.21 Å². The predicted molar refractivity (Wildman–Crippen MR) is 66.6 cm³/mol. The van der Waals surface area contributed by atoms with Gasteiger partial charge in [0, 0.05) is 4.88 Å². The Morgan fingerprint density at radius 2 is 1.94 bits per heavy atom. The highest BCUT2D eigenvalue weighted by Gasteiger charge is 2.12. The van der Waals surface area contributed by atoms with Crippen LogP contribution in [0.5, 0.6) is 0 Å². The van der Waals surface area contributed by atoms with E-state index in [0.29, 0.717) is 0 Å². The summed E-state index contributed by atoms with van der Waals surface area (Å²) in [5.41, 5.74) is 0. The van der Waals surface area contributed by atoms with E-state index in [4.69, 9.17) is 0 Å². The highest BCUT2D eigenvalue weighted by atomic mass is 32.2. The van der Waals surface area contributed by atoms with Gasteiger partial charge in [-0.05, 0) is 22.9 Å². The third-order valence-electron chi connectivity index (χ3n) is 1.67.